The van der Waals surface area contributed by atoms with Crippen LogP contribution in [0.25, 0.3) is 0 Å². The highest BCUT2D eigenvalue weighted by atomic mass is 16.1. The van der Waals surface area contributed by atoms with E-state index in [4.69, 9.17) is 5.73 Å². The van der Waals surface area contributed by atoms with Crippen LogP contribution in [0.1, 0.15) is 10.4 Å². The second kappa shape index (κ2) is 6.78. The minimum absolute atomic E-state index is 0.231. The zero-order chi connectivity index (χ0) is 16.9. The Balaban J connectivity index is 1.79. The highest BCUT2D eigenvalue weighted by molar-refractivity contribution is 6.04. The average Bonchev–Trinajstić information content (AvgIpc) is 2.62. The molecule has 6 nitrogen and oxygen atoms in total. The van der Waals surface area contributed by atoms with Crippen LogP contribution in [0.2, 0.25) is 0 Å². The van der Waals surface area contributed by atoms with Gasteiger partial charge in [-0.1, -0.05) is 6.07 Å². The van der Waals surface area contributed by atoms with Gasteiger partial charge in [0.05, 0.1) is 35.7 Å². The van der Waals surface area contributed by atoms with Gasteiger partial charge >= 0.3 is 0 Å². The number of hydrogen-bond acceptors (Lipinski definition) is 5. The summed E-state index contributed by atoms with van der Waals surface area (Å²) in [4.78, 5) is 22.5. The number of carbonyl (C=O) groups is 1. The summed E-state index contributed by atoms with van der Waals surface area (Å²) < 4.78 is 0. The number of rotatable bonds is 4. The van der Waals surface area contributed by atoms with Gasteiger partial charge in [0, 0.05) is 24.5 Å². The Morgan fingerprint density at radius 3 is 2.62 bits per heavy atom. The topological polar surface area (TPSA) is 84.1 Å². The quantitative estimate of drug-likeness (QED) is 0.722. The van der Waals surface area contributed by atoms with E-state index in [0.717, 1.165) is 11.4 Å². The predicted octanol–water partition coefficient (Wildman–Crippen LogP) is 3.08. The van der Waals surface area contributed by atoms with Crippen molar-refractivity contribution in [3.63, 3.8) is 0 Å². The van der Waals surface area contributed by atoms with Crippen LogP contribution in [0.4, 0.5) is 22.7 Å². The lowest BCUT2D eigenvalue weighted by molar-refractivity contribution is 0.102. The molecule has 0 saturated carbocycles. The van der Waals surface area contributed by atoms with Gasteiger partial charge in [-0.3, -0.25) is 14.8 Å². The van der Waals surface area contributed by atoms with Crippen LogP contribution < -0.4 is 16.0 Å². The van der Waals surface area contributed by atoms with Crippen LogP contribution in [-0.2, 0) is 0 Å². The van der Waals surface area contributed by atoms with Crippen LogP contribution in [0.15, 0.2) is 67.3 Å². The highest BCUT2D eigenvalue weighted by Gasteiger charge is 2.09. The lowest BCUT2D eigenvalue weighted by Crippen LogP contribution is -2.14. The molecule has 0 unspecified atom stereocenters. The number of pyridine rings is 2. The summed E-state index contributed by atoms with van der Waals surface area (Å²) >= 11 is 0. The molecule has 3 N–H and O–H groups in total. The molecule has 0 radical (unpaired) electrons. The Morgan fingerprint density at radius 1 is 1.04 bits per heavy atom. The minimum Gasteiger partial charge on any atom is -0.399 e. The SMILES string of the molecule is CN(c1cccnc1)c1cncc(NC(=O)c2cccc(N)c2)c1. The van der Waals surface area contributed by atoms with E-state index in [1.807, 2.05) is 30.1 Å². The minimum atomic E-state index is -0.231. The van der Waals surface area contributed by atoms with Crippen LogP contribution in [0.5, 0.6) is 0 Å². The Morgan fingerprint density at radius 2 is 1.88 bits per heavy atom. The van der Waals surface area contributed by atoms with Crippen molar-refractivity contribution in [2.45, 2.75) is 0 Å². The molecule has 24 heavy (non-hydrogen) atoms. The molecule has 6 heteroatoms. The predicted molar refractivity (Wildman–Crippen MR) is 95.3 cm³/mol. The number of nitrogen functional groups attached to an aromatic ring is 1. The molecule has 0 atom stereocenters. The fraction of sp³-hybridized carbons (Fsp3) is 0.0556. The van der Waals surface area contributed by atoms with E-state index in [0.29, 0.717) is 16.9 Å². The van der Waals surface area contributed by atoms with Crippen molar-refractivity contribution in [2.24, 2.45) is 0 Å². The van der Waals surface area contributed by atoms with Gasteiger partial charge in [-0.15, -0.1) is 0 Å². The van der Waals surface area contributed by atoms with Crippen molar-refractivity contribution >= 4 is 28.7 Å². The molecule has 0 saturated heterocycles. The lowest BCUT2D eigenvalue weighted by atomic mass is 10.2. The van der Waals surface area contributed by atoms with E-state index in [2.05, 4.69) is 15.3 Å². The number of carbonyl (C=O) groups excluding carboxylic acids is 1. The van der Waals surface area contributed by atoms with Gasteiger partial charge < -0.3 is 16.0 Å². The van der Waals surface area contributed by atoms with Crippen molar-refractivity contribution < 1.29 is 4.79 Å². The van der Waals surface area contributed by atoms with E-state index < -0.39 is 0 Å². The smallest absolute Gasteiger partial charge is 0.255 e. The molecular formula is C18H17N5O. The van der Waals surface area contributed by atoms with Gasteiger partial charge in [0.1, 0.15) is 0 Å². The summed E-state index contributed by atoms with van der Waals surface area (Å²) in [7, 11) is 1.91. The molecule has 1 amide bonds. The van der Waals surface area contributed by atoms with E-state index in [-0.39, 0.29) is 5.91 Å². The summed E-state index contributed by atoms with van der Waals surface area (Å²) in [6, 6.07) is 12.5. The number of benzene rings is 1. The second-order valence-electron chi connectivity index (χ2n) is 5.28. The number of amides is 1. The fourth-order valence-corrected chi connectivity index (χ4v) is 2.26. The van der Waals surface area contributed by atoms with Crippen LogP contribution in [-0.4, -0.2) is 22.9 Å². The first-order chi connectivity index (χ1) is 11.6. The molecule has 3 rings (SSSR count). The molecule has 0 aliphatic heterocycles. The molecule has 0 fully saturated rings. The van der Waals surface area contributed by atoms with Gasteiger partial charge in [-0.05, 0) is 36.4 Å². The number of hydrogen-bond donors (Lipinski definition) is 2. The normalized spacial score (nSPS) is 10.2. The molecule has 120 valence electrons. The van der Waals surface area contributed by atoms with E-state index >= 15 is 0 Å². The van der Waals surface area contributed by atoms with Gasteiger partial charge in [0.15, 0.2) is 0 Å². The third kappa shape index (κ3) is 3.49. The van der Waals surface area contributed by atoms with Gasteiger partial charge in [-0.2, -0.15) is 0 Å². The molecule has 0 spiro atoms. The Labute approximate surface area is 140 Å². The van der Waals surface area contributed by atoms with Crippen LogP contribution in [0.3, 0.4) is 0 Å². The molecule has 2 aromatic heterocycles. The number of aromatic nitrogens is 2. The zero-order valence-electron chi connectivity index (χ0n) is 13.2. The van der Waals surface area contributed by atoms with E-state index in [9.17, 15) is 4.79 Å². The van der Waals surface area contributed by atoms with Crippen molar-refractivity contribution in [1.29, 1.82) is 0 Å². The molecule has 0 aliphatic rings. The third-order valence-electron chi connectivity index (χ3n) is 3.55. The third-order valence-corrected chi connectivity index (χ3v) is 3.55. The molecule has 2 heterocycles. The molecule has 1 aromatic carbocycles. The first kappa shape index (κ1) is 15.5. The second-order valence-corrected chi connectivity index (χ2v) is 5.28. The maximum absolute atomic E-state index is 12.3. The number of nitrogens with one attached hydrogen (secondary N) is 1. The van der Waals surface area contributed by atoms with Crippen LogP contribution >= 0.6 is 0 Å². The van der Waals surface area contributed by atoms with Crippen molar-refractivity contribution in [1.82, 2.24) is 9.97 Å². The van der Waals surface area contributed by atoms with E-state index in [1.165, 1.54) is 0 Å². The molecule has 3 aromatic rings. The van der Waals surface area contributed by atoms with Gasteiger partial charge in [0.2, 0.25) is 0 Å². The maximum atomic E-state index is 12.3. The van der Waals surface area contributed by atoms with Gasteiger partial charge in [-0.25, -0.2) is 0 Å². The lowest BCUT2D eigenvalue weighted by Gasteiger charge is -2.19. The summed E-state index contributed by atoms with van der Waals surface area (Å²) in [6.07, 6.45) is 6.81. The Kier molecular flexibility index (Phi) is 4.38. The summed E-state index contributed by atoms with van der Waals surface area (Å²) in [5.41, 5.74) is 9.14. The Bertz CT molecular complexity index is 851. The molecule has 0 aliphatic carbocycles. The molecule has 0 bridgehead atoms. The van der Waals surface area contributed by atoms with Crippen molar-refractivity contribution in [3.05, 3.63) is 72.8 Å². The summed E-state index contributed by atoms with van der Waals surface area (Å²) in [5, 5.41) is 2.83. The Hall–Kier alpha value is -3.41. The average molecular weight is 319 g/mol. The summed E-state index contributed by atoms with van der Waals surface area (Å²) in [5.74, 6) is -0.231. The van der Waals surface area contributed by atoms with Gasteiger partial charge in [0.25, 0.3) is 5.91 Å². The fourth-order valence-electron chi connectivity index (χ4n) is 2.26. The maximum Gasteiger partial charge on any atom is 0.255 e. The first-order valence-corrected chi connectivity index (χ1v) is 7.39. The molecular weight excluding hydrogens is 302 g/mol. The van der Waals surface area contributed by atoms with E-state index in [1.54, 1.807) is 49.1 Å². The van der Waals surface area contributed by atoms with Crippen molar-refractivity contribution in [3.8, 4) is 0 Å². The standard InChI is InChI=1S/C18H17N5O/c1-23(16-6-3-7-20-11-16)17-9-15(10-21-12-17)22-18(24)13-4-2-5-14(19)8-13/h2-12H,19H2,1H3,(H,22,24). The first-order valence-electron chi connectivity index (χ1n) is 7.39. The van der Waals surface area contributed by atoms with Crippen molar-refractivity contribution in [2.75, 3.05) is 23.0 Å². The zero-order valence-corrected chi connectivity index (χ0v) is 13.2. The highest BCUT2D eigenvalue weighted by Crippen LogP contribution is 2.24. The number of nitrogens with two attached hydrogens (primary N) is 1. The van der Waals surface area contributed by atoms with Crippen LogP contribution in [0, 0.1) is 0 Å². The number of anilines is 4. The summed E-state index contributed by atoms with van der Waals surface area (Å²) in [6.45, 7) is 0. The largest absolute Gasteiger partial charge is 0.399 e. The monoisotopic (exact) mass is 319 g/mol. The number of nitrogens with zero attached hydrogens (tertiary/aromatic N) is 3.